The number of nitrogens with one attached hydrogen (secondary N) is 1. The molecule has 0 aliphatic carbocycles. The smallest absolute Gasteiger partial charge is 0.249 e. The third-order valence-electron chi connectivity index (χ3n) is 7.34. The molecule has 0 aliphatic heterocycles. The van der Waals surface area contributed by atoms with Crippen LogP contribution in [0.1, 0.15) is 34.5 Å². The van der Waals surface area contributed by atoms with Crippen LogP contribution in [0.25, 0.3) is 11.0 Å². The quantitative estimate of drug-likeness (QED) is 0.202. The van der Waals surface area contributed by atoms with Gasteiger partial charge < -0.3 is 19.5 Å². The summed E-state index contributed by atoms with van der Waals surface area (Å²) in [6.07, 6.45) is 0. The average molecular weight is 608 g/mol. The molecule has 2 amide bonds. The summed E-state index contributed by atoms with van der Waals surface area (Å²) in [5.74, 6) is -0.0701. The number of rotatable bonds is 12. The van der Waals surface area contributed by atoms with Gasteiger partial charge in [0.15, 0.2) is 17.3 Å². The number of methoxy groups -OCH3 is 3. The number of para-hydroxylation sites is 1. The van der Waals surface area contributed by atoms with Crippen LogP contribution in [0.5, 0.6) is 17.2 Å². The highest BCUT2D eigenvalue weighted by Gasteiger charge is 2.35. The number of ketones is 1. The number of nitrogens with zero attached hydrogens (tertiary/aromatic N) is 4. The van der Waals surface area contributed by atoms with E-state index in [0.29, 0.717) is 45.1 Å². The van der Waals surface area contributed by atoms with Crippen molar-refractivity contribution in [3.63, 3.8) is 0 Å². The number of Topliss-reactive ketones (excluding diaryl/α,β-unsaturated/α-hetero) is 1. The number of ether oxygens (including phenoxy) is 3. The fraction of sp³-hybridized carbons (Fsp3) is 0.206. The monoisotopic (exact) mass is 607 g/mol. The lowest BCUT2D eigenvalue weighted by Crippen LogP contribution is -2.45. The van der Waals surface area contributed by atoms with Crippen molar-refractivity contribution >= 4 is 34.3 Å². The van der Waals surface area contributed by atoms with Crippen LogP contribution in [0.4, 0.5) is 5.69 Å². The number of benzene rings is 4. The van der Waals surface area contributed by atoms with Gasteiger partial charge in [-0.25, -0.2) is 4.68 Å². The van der Waals surface area contributed by atoms with Crippen molar-refractivity contribution in [1.29, 1.82) is 0 Å². The highest BCUT2D eigenvalue weighted by molar-refractivity contribution is 6.02. The zero-order valence-electron chi connectivity index (χ0n) is 25.4. The number of carbonyl (C=O) groups is 3. The van der Waals surface area contributed by atoms with Gasteiger partial charge in [-0.3, -0.25) is 19.3 Å². The minimum Gasteiger partial charge on any atom is -0.493 e. The average Bonchev–Trinajstić information content (AvgIpc) is 3.48. The predicted octanol–water partition coefficient (Wildman–Crippen LogP) is 4.75. The molecule has 0 bridgehead atoms. The maximum Gasteiger partial charge on any atom is 0.249 e. The molecule has 1 unspecified atom stereocenters. The fourth-order valence-electron chi connectivity index (χ4n) is 5.09. The molecule has 5 rings (SSSR count). The normalized spacial score (nSPS) is 11.5. The lowest BCUT2D eigenvalue weighted by Gasteiger charge is -2.32. The predicted molar refractivity (Wildman–Crippen MR) is 169 cm³/mol. The van der Waals surface area contributed by atoms with E-state index in [1.807, 2.05) is 48.5 Å². The van der Waals surface area contributed by atoms with E-state index in [1.54, 1.807) is 42.5 Å². The first-order valence-electron chi connectivity index (χ1n) is 14.2. The molecule has 1 atom stereocenters. The van der Waals surface area contributed by atoms with E-state index in [1.165, 1.54) is 37.8 Å². The van der Waals surface area contributed by atoms with Crippen molar-refractivity contribution in [3.05, 3.63) is 108 Å². The highest BCUT2D eigenvalue weighted by atomic mass is 16.5. The number of hydrogen-bond acceptors (Lipinski definition) is 8. The van der Waals surface area contributed by atoms with E-state index in [-0.39, 0.29) is 18.9 Å². The molecule has 1 heterocycles. The van der Waals surface area contributed by atoms with Gasteiger partial charge >= 0.3 is 0 Å². The summed E-state index contributed by atoms with van der Waals surface area (Å²) in [6.45, 7) is 1.46. The summed E-state index contributed by atoms with van der Waals surface area (Å²) >= 11 is 0. The van der Waals surface area contributed by atoms with Crippen molar-refractivity contribution in [1.82, 2.24) is 20.3 Å². The van der Waals surface area contributed by atoms with E-state index in [2.05, 4.69) is 15.6 Å². The van der Waals surface area contributed by atoms with Crippen LogP contribution in [0.15, 0.2) is 91.0 Å². The van der Waals surface area contributed by atoms with Gasteiger partial charge in [0.1, 0.15) is 18.1 Å². The summed E-state index contributed by atoms with van der Waals surface area (Å²) in [4.78, 5) is 42.1. The van der Waals surface area contributed by atoms with E-state index >= 15 is 0 Å². The molecule has 11 nitrogen and oxygen atoms in total. The van der Waals surface area contributed by atoms with Crippen molar-refractivity contribution in [2.24, 2.45) is 0 Å². The van der Waals surface area contributed by atoms with E-state index in [0.717, 1.165) is 5.56 Å². The van der Waals surface area contributed by atoms with Crippen LogP contribution < -0.4 is 24.4 Å². The zero-order chi connectivity index (χ0) is 31.9. The molecule has 1 aromatic heterocycles. The van der Waals surface area contributed by atoms with Crippen molar-refractivity contribution in [3.8, 4) is 17.2 Å². The Kier molecular flexibility index (Phi) is 9.37. The number of carbonyl (C=O) groups excluding carboxylic acids is 3. The summed E-state index contributed by atoms with van der Waals surface area (Å²) in [6, 6.07) is 25.4. The highest BCUT2D eigenvalue weighted by Crippen LogP contribution is 2.41. The van der Waals surface area contributed by atoms with Gasteiger partial charge in [0.05, 0.1) is 26.8 Å². The van der Waals surface area contributed by atoms with Crippen LogP contribution in [0.2, 0.25) is 0 Å². The number of anilines is 1. The fourth-order valence-corrected chi connectivity index (χ4v) is 5.09. The first kappa shape index (κ1) is 30.7. The number of amides is 2. The molecule has 11 heteroatoms. The summed E-state index contributed by atoms with van der Waals surface area (Å²) in [5, 5.41) is 11.4. The standard InChI is InChI=1S/C34H33N5O6/c1-22(40)24-14-16-26(17-15-24)39(31(41)21-38-28-13-9-8-12-27(28)36-37-38)32(34(42)35-20-23-10-6-5-7-11-23)25-18-29(43-2)33(45-4)30(19-25)44-3/h5-19,32H,20-21H2,1-4H3,(H,35,42). The second-order valence-electron chi connectivity index (χ2n) is 10.2. The Bertz CT molecular complexity index is 1800. The Morgan fingerprint density at radius 2 is 1.49 bits per heavy atom. The van der Waals surface area contributed by atoms with Crippen LogP contribution in [0, 0.1) is 0 Å². The van der Waals surface area contributed by atoms with Gasteiger partial charge in [0, 0.05) is 17.8 Å². The molecule has 0 saturated carbocycles. The Morgan fingerprint density at radius 3 is 2.11 bits per heavy atom. The summed E-state index contributed by atoms with van der Waals surface area (Å²) in [5.41, 5.74) is 3.43. The van der Waals surface area contributed by atoms with Crippen LogP contribution in [-0.2, 0) is 22.7 Å². The molecular formula is C34H33N5O6. The number of fused-ring (bicyclic) bond motifs is 1. The number of hydrogen-bond donors (Lipinski definition) is 1. The SMILES string of the molecule is COc1cc(C(C(=O)NCc2ccccc2)N(C(=O)Cn2nnc3ccccc32)c2ccc(C(C)=O)cc2)cc(OC)c1OC. The lowest BCUT2D eigenvalue weighted by atomic mass is 10.0. The van der Waals surface area contributed by atoms with Gasteiger partial charge in [0.25, 0.3) is 0 Å². The summed E-state index contributed by atoms with van der Waals surface area (Å²) < 4.78 is 18.2. The first-order valence-corrected chi connectivity index (χ1v) is 14.2. The maximum atomic E-state index is 14.4. The minimum absolute atomic E-state index is 0.129. The second kappa shape index (κ2) is 13.7. The Balaban J connectivity index is 1.65. The van der Waals surface area contributed by atoms with Crippen LogP contribution >= 0.6 is 0 Å². The van der Waals surface area contributed by atoms with Crippen molar-refractivity contribution in [2.45, 2.75) is 26.1 Å². The lowest BCUT2D eigenvalue weighted by molar-refractivity contribution is -0.127. The molecular weight excluding hydrogens is 574 g/mol. The molecule has 0 aliphatic rings. The molecule has 0 spiro atoms. The third-order valence-corrected chi connectivity index (χ3v) is 7.34. The number of aromatic nitrogens is 3. The molecule has 45 heavy (non-hydrogen) atoms. The molecule has 0 saturated heterocycles. The van der Waals surface area contributed by atoms with Crippen LogP contribution in [0.3, 0.4) is 0 Å². The minimum atomic E-state index is -1.20. The van der Waals surface area contributed by atoms with E-state index in [4.69, 9.17) is 14.2 Å². The third kappa shape index (κ3) is 6.62. The van der Waals surface area contributed by atoms with Gasteiger partial charge in [-0.1, -0.05) is 47.7 Å². The molecule has 230 valence electrons. The van der Waals surface area contributed by atoms with E-state index < -0.39 is 17.9 Å². The Hall–Kier alpha value is -5.71. The zero-order valence-corrected chi connectivity index (χ0v) is 25.4. The maximum absolute atomic E-state index is 14.4. The first-order chi connectivity index (χ1) is 21.8. The van der Waals surface area contributed by atoms with Gasteiger partial charge in [-0.15, -0.1) is 5.10 Å². The van der Waals surface area contributed by atoms with Gasteiger partial charge in [-0.05, 0) is 66.6 Å². The Labute approximate surface area is 260 Å². The Morgan fingerprint density at radius 1 is 0.844 bits per heavy atom. The second-order valence-corrected chi connectivity index (χ2v) is 10.2. The molecule has 1 N–H and O–H groups in total. The molecule has 0 radical (unpaired) electrons. The molecule has 5 aromatic rings. The largest absolute Gasteiger partial charge is 0.493 e. The molecule has 4 aromatic carbocycles. The van der Waals surface area contributed by atoms with Crippen molar-refractivity contribution < 1.29 is 28.6 Å². The molecule has 0 fully saturated rings. The summed E-state index contributed by atoms with van der Waals surface area (Å²) in [7, 11) is 4.44. The topological polar surface area (TPSA) is 125 Å². The van der Waals surface area contributed by atoms with Gasteiger partial charge in [0.2, 0.25) is 17.6 Å². The van der Waals surface area contributed by atoms with Crippen LogP contribution in [-0.4, -0.2) is 53.9 Å². The van der Waals surface area contributed by atoms with Crippen molar-refractivity contribution in [2.75, 3.05) is 26.2 Å². The van der Waals surface area contributed by atoms with Gasteiger partial charge in [-0.2, -0.15) is 0 Å². The van der Waals surface area contributed by atoms with E-state index in [9.17, 15) is 14.4 Å².